The number of fused-ring (bicyclic) bond motifs is 1. The molecule has 26 heavy (non-hydrogen) atoms. The van der Waals surface area contributed by atoms with Crippen molar-refractivity contribution in [2.45, 2.75) is 38.7 Å². The van der Waals surface area contributed by atoms with Gasteiger partial charge in [0, 0.05) is 12.8 Å². The zero-order chi connectivity index (χ0) is 18.6. The highest BCUT2D eigenvalue weighted by atomic mass is 16.5. The SMILES string of the molecule is Cc1ccc(C2Oc3ccccc3C(=O)C2(CCC#N)CCC#N)cc1. The Morgan fingerprint density at radius 1 is 1.00 bits per heavy atom. The number of Topliss-reactive ketones (excluding diaryl/α,β-unsaturated/α-hetero) is 1. The Morgan fingerprint density at radius 3 is 2.23 bits per heavy atom. The number of para-hydroxylation sites is 1. The fourth-order valence-corrected chi connectivity index (χ4v) is 3.68. The van der Waals surface area contributed by atoms with Gasteiger partial charge in [0.2, 0.25) is 0 Å². The molecule has 1 heterocycles. The second-order valence-corrected chi connectivity index (χ2v) is 6.71. The van der Waals surface area contributed by atoms with Crippen LogP contribution in [0.5, 0.6) is 5.75 Å². The molecular weight excluding hydrogens is 324 g/mol. The van der Waals surface area contributed by atoms with Gasteiger partial charge in [-0.05, 0) is 37.5 Å². The summed E-state index contributed by atoms with van der Waals surface area (Å²) in [5.41, 5.74) is 1.65. The lowest BCUT2D eigenvalue weighted by molar-refractivity contribution is 0.0170. The fourth-order valence-electron chi connectivity index (χ4n) is 3.68. The van der Waals surface area contributed by atoms with E-state index in [1.807, 2.05) is 43.3 Å². The Bertz CT molecular complexity index is 870. The Hall–Kier alpha value is -3.11. The summed E-state index contributed by atoms with van der Waals surface area (Å²) in [6.07, 6.45) is 0.719. The van der Waals surface area contributed by atoms with E-state index in [4.69, 9.17) is 15.3 Å². The molecule has 1 aliphatic heterocycles. The number of ether oxygens (including phenoxy) is 1. The van der Waals surface area contributed by atoms with E-state index < -0.39 is 11.5 Å². The second-order valence-electron chi connectivity index (χ2n) is 6.71. The van der Waals surface area contributed by atoms with Crippen molar-refractivity contribution in [2.75, 3.05) is 0 Å². The quantitative estimate of drug-likeness (QED) is 0.773. The van der Waals surface area contributed by atoms with Gasteiger partial charge >= 0.3 is 0 Å². The first-order chi connectivity index (χ1) is 12.6. The molecule has 0 saturated heterocycles. The molecule has 0 amide bonds. The first kappa shape index (κ1) is 17.7. The van der Waals surface area contributed by atoms with E-state index in [0.717, 1.165) is 11.1 Å². The molecule has 1 atom stereocenters. The van der Waals surface area contributed by atoms with Crippen molar-refractivity contribution < 1.29 is 9.53 Å². The minimum absolute atomic E-state index is 0.0320. The minimum Gasteiger partial charge on any atom is -0.484 e. The van der Waals surface area contributed by atoms with E-state index >= 15 is 0 Å². The number of nitriles is 2. The normalized spacial score (nSPS) is 17.5. The molecule has 1 aliphatic rings. The predicted molar refractivity (Wildman–Crippen MR) is 97.4 cm³/mol. The monoisotopic (exact) mass is 344 g/mol. The van der Waals surface area contributed by atoms with Crippen LogP contribution in [0, 0.1) is 35.0 Å². The van der Waals surface area contributed by atoms with Crippen molar-refractivity contribution >= 4 is 5.78 Å². The zero-order valence-corrected chi connectivity index (χ0v) is 14.7. The maximum atomic E-state index is 13.5. The number of hydrogen-bond acceptors (Lipinski definition) is 4. The summed E-state index contributed by atoms with van der Waals surface area (Å²) in [5, 5.41) is 18.3. The van der Waals surface area contributed by atoms with Gasteiger partial charge in [-0.25, -0.2) is 0 Å². The number of hydrogen-bond donors (Lipinski definition) is 0. The summed E-state index contributed by atoms with van der Waals surface area (Å²) < 4.78 is 6.30. The van der Waals surface area contributed by atoms with Crippen molar-refractivity contribution in [3.05, 3.63) is 65.2 Å². The smallest absolute Gasteiger partial charge is 0.176 e. The fraction of sp³-hybridized carbons (Fsp3) is 0.318. The average molecular weight is 344 g/mol. The van der Waals surface area contributed by atoms with Gasteiger partial charge in [-0.2, -0.15) is 10.5 Å². The molecule has 0 bridgehead atoms. The summed E-state index contributed by atoms with van der Waals surface area (Å²) in [5.74, 6) is 0.531. The molecule has 2 aromatic carbocycles. The third kappa shape index (κ3) is 3.07. The number of aryl methyl sites for hydroxylation is 1. The summed E-state index contributed by atoms with van der Waals surface area (Å²) in [6.45, 7) is 2.00. The molecule has 0 aromatic heterocycles. The van der Waals surface area contributed by atoms with Crippen LogP contribution in [0.3, 0.4) is 0 Å². The average Bonchev–Trinajstić information content (AvgIpc) is 2.67. The second kappa shape index (κ2) is 7.42. The van der Waals surface area contributed by atoms with Crippen LogP contribution in [-0.2, 0) is 0 Å². The largest absolute Gasteiger partial charge is 0.484 e. The highest BCUT2D eigenvalue weighted by Gasteiger charge is 2.51. The van der Waals surface area contributed by atoms with Crippen molar-refractivity contribution in [2.24, 2.45) is 5.41 Å². The van der Waals surface area contributed by atoms with Crippen LogP contribution in [0.25, 0.3) is 0 Å². The van der Waals surface area contributed by atoms with Crippen LogP contribution in [-0.4, -0.2) is 5.78 Å². The van der Waals surface area contributed by atoms with Crippen molar-refractivity contribution in [3.8, 4) is 17.9 Å². The van der Waals surface area contributed by atoms with E-state index in [0.29, 0.717) is 24.2 Å². The highest BCUT2D eigenvalue weighted by Crippen LogP contribution is 2.51. The van der Waals surface area contributed by atoms with E-state index in [2.05, 4.69) is 12.1 Å². The molecule has 4 heteroatoms. The van der Waals surface area contributed by atoms with Crippen molar-refractivity contribution in [1.82, 2.24) is 0 Å². The zero-order valence-electron chi connectivity index (χ0n) is 14.7. The molecule has 0 aliphatic carbocycles. The highest BCUT2D eigenvalue weighted by molar-refractivity contribution is 6.04. The van der Waals surface area contributed by atoms with Crippen molar-refractivity contribution in [1.29, 1.82) is 10.5 Å². The van der Waals surface area contributed by atoms with Gasteiger partial charge < -0.3 is 4.74 Å². The summed E-state index contributed by atoms with van der Waals surface area (Å²) in [7, 11) is 0. The van der Waals surface area contributed by atoms with E-state index in [9.17, 15) is 4.79 Å². The molecule has 0 radical (unpaired) electrons. The van der Waals surface area contributed by atoms with E-state index in [1.165, 1.54) is 0 Å². The summed E-state index contributed by atoms with van der Waals surface area (Å²) in [6, 6.07) is 19.4. The van der Waals surface area contributed by atoms with Crippen LogP contribution in [0.15, 0.2) is 48.5 Å². The van der Waals surface area contributed by atoms with Gasteiger partial charge in [0.25, 0.3) is 0 Å². The standard InChI is InChI=1S/C22H20N2O2/c1-16-8-10-17(11-9-16)21-22(12-4-14-23,13-5-15-24)20(25)18-6-2-3-7-19(18)26-21/h2-3,6-11,21H,4-5,12-13H2,1H3. The number of benzene rings is 2. The topological polar surface area (TPSA) is 73.9 Å². The van der Waals surface area contributed by atoms with Gasteiger partial charge in [-0.15, -0.1) is 0 Å². The summed E-state index contributed by atoms with van der Waals surface area (Å²) >= 11 is 0. The van der Waals surface area contributed by atoms with Crippen molar-refractivity contribution in [3.63, 3.8) is 0 Å². The molecule has 130 valence electrons. The lowest BCUT2D eigenvalue weighted by Gasteiger charge is -2.43. The molecule has 0 saturated carbocycles. The number of carbonyl (C=O) groups excluding carboxylic acids is 1. The third-order valence-corrected chi connectivity index (χ3v) is 5.08. The van der Waals surface area contributed by atoms with Gasteiger partial charge in [0.05, 0.1) is 23.1 Å². The Morgan fingerprint density at radius 2 is 1.62 bits per heavy atom. The molecular formula is C22H20N2O2. The predicted octanol–water partition coefficient (Wildman–Crippen LogP) is 4.91. The van der Waals surface area contributed by atoms with E-state index in [-0.39, 0.29) is 18.6 Å². The van der Waals surface area contributed by atoms with Crippen LogP contribution in [0.4, 0.5) is 0 Å². The lowest BCUT2D eigenvalue weighted by Crippen LogP contribution is -2.43. The molecule has 4 nitrogen and oxygen atoms in total. The Balaban J connectivity index is 2.16. The first-order valence-corrected chi connectivity index (χ1v) is 8.73. The molecule has 1 unspecified atom stereocenters. The number of ketones is 1. The number of rotatable bonds is 5. The summed E-state index contributed by atoms with van der Waals surface area (Å²) in [4.78, 5) is 13.5. The lowest BCUT2D eigenvalue weighted by atomic mass is 9.66. The van der Waals surface area contributed by atoms with Gasteiger partial charge in [-0.3, -0.25) is 4.79 Å². The minimum atomic E-state index is -0.908. The Kier molecular flexibility index (Phi) is 5.05. The van der Waals surface area contributed by atoms with Gasteiger partial charge in [0.1, 0.15) is 11.9 Å². The number of nitrogens with zero attached hydrogens (tertiary/aromatic N) is 2. The maximum absolute atomic E-state index is 13.5. The molecule has 0 spiro atoms. The van der Waals surface area contributed by atoms with Crippen LogP contribution in [0.2, 0.25) is 0 Å². The maximum Gasteiger partial charge on any atom is 0.176 e. The van der Waals surface area contributed by atoms with Gasteiger partial charge in [0.15, 0.2) is 5.78 Å². The van der Waals surface area contributed by atoms with Crippen LogP contribution in [0.1, 0.15) is 53.3 Å². The third-order valence-electron chi connectivity index (χ3n) is 5.08. The first-order valence-electron chi connectivity index (χ1n) is 8.73. The van der Waals surface area contributed by atoms with Gasteiger partial charge in [-0.1, -0.05) is 42.0 Å². The molecule has 0 N–H and O–H groups in total. The van der Waals surface area contributed by atoms with Crippen LogP contribution >= 0.6 is 0 Å². The Labute approximate surface area is 153 Å². The van der Waals surface area contributed by atoms with Crippen LogP contribution < -0.4 is 4.74 Å². The molecule has 0 fully saturated rings. The molecule has 3 rings (SSSR count). The molecule has 2 aromatic rings. The van der Waals surface area contributed by atoms with E-state index in [1.54, 1.807) is 12.1 Å². The number of carbonyl (C=O) groups is 1.